The molecule has 3 aliphatic rings. The Balaban J connectivity index is 1.57. The number of nitrogens with one attached hydrogen (secondary N) is 6. The van der Waals surface area contributed by atoms with Crippen LogP contribution >= 0.6 is 0 Å². The van der Waals surface area contributed by atoms with Crippen LogP contribution in [0.5, 0.6) is 0 Å². The van der Waals surface area contributed by atoms with E-state index < -0.39 is 12.4 Å². The molecule has 1 saturated heterocycles. The van der Waals surface area contributed by atoms with Gasteiger partial charge in [0, 0.05) is 37.4 Å². The van der Waals surface area contributed by atoms with E-state index in [0.29, 0.717) is 31.3 Å². The summed E-state index contributed by atoms with van der Waals surface area (Å²) in [7, 11) is 0. The number of aliphatic hydroxyl groups is 2. The molecule has 0 radical (unpaired) electrons. The smallest absolute Gasteiger partial charge is 0.108 e. The molecule has 8 N–H and O–H groups in total. The fourth-order valence-corrected chi connectivity index (χ4v) is 4.80. The molecule has 0 spiro atoms. The van der Waals surface area contributed by atoms with Gasteiger partial charge in [-0.05, 0) is 51.4 Å². The highest BCUT2D eigenvalue weighted by atomic mass is 19.1. The quantitative estimate of drug-likeness (QED) is 0.241. The summed E-state index contributed by atoms with van der Waals surface area (Å²) in [6.07, 6.45) is 7.44. The second-order valence-electron chi connectivity index (χ2n) is 8.72. The second kappa shape index (κ2) is 11.4. The molecule has 2 heterocycles. The van der Waals surface area contributed by atoms with E-state index in [-0.39, 0.29) is 31.0 Å². The molecule has 3 rings (SSSR count). The lowest BCUT2D eigenvalue weighted by Crippen LogP contribution is -2.65. The fraction of sp³-hybridized carbons (Fsp3) is 0.900. The Morgan fingerprint density at radius 2 is 1.83 bits per heavy atom. The molecule has 0 aromatic carbocycles. The van der Waals surface area contributed by atoms with Crippen molar-refractivity contribution in [3.63, 3.8) is 0 Å². The average Bonchev–Trinajstić information content (AvgIpc) is 2.73. The molecule has 168 valence electrons. The van der Waals surface area contributed by atoms with Gasteiger partial charge in [0.2, 0.25) is 0 Å². The van der Waals surface area contributed by atoms with Gasteiger partial charge in [-0.1, -0.05) is 0 Å². The molecule has 1 aliphatic carbocycles. The Bertz CT molecular complexity index is 505. The van der Waals surface area contributed by atoms with Crippen LogP contribution in [-0.2, 0) is 0 Å². The maximum Gasteiger partial charge on any atom is 0.108 e. The molecule has 0 aromatic heterocycles. The van der Waals surface area contributed by atoms with Crippen molar-refractivity contribution < 1.29 is 14.6 Å². The number of piperidine rings is 1. The number of halogens is 1. The molecule has 2 aliphatic heterocycles. The van der Waals surface area contributed by atoms with Crippen LogP contribution in [0.15, 0.2) is 12.4 Å². The number of aliphatic hydroxyl groups excluding tert-OH is 2. The van der Waals surface area contributed by atoms with Crippen molar-refractivity contribution >= 4 is 0 Å². The van der Waals surface area contributed by atoms with Crippen molar-refractivity contribution in [2.45, 2.75) is 82.4 Å². The van der Waals surface area contributed by atoms with E-state index in [4.69, 9.17) is 5.11 Å². The molecular weight excluding hydrogens is 375 g/mol. The van der Waals surface area contributed by atoms with Gasteiger partial charge in [-0.3, -0.25) is 21.3 Å². The van der Waals surface area contributed by atoms with Crippen LogP contribution in [0.2, 0.25) is 0 Å². The van der Waals surface area contributed by atoms with E-state index in [0.717, 1.165) is 32.2 Å². The molecule has 1 saturated carbocycles. The predicted octanol–water partition coefficient (Wildman–Crippen LogP) is -0.375. The van der Waals surface area contributed by atoms with Crippen molar-refractivity contribution in [1.29, 1.82) is 0 Å². The molecule has 0 amide bonds. The highest BCUT2D eigenvalue weighted by Gasteiger charge is 2.35. The van der Waals surface area contributed by atoms with E-state index in [1.54, 1.807) is 0 Å². The molecular formula is C20H39FN6O2. The minimum Gasteiger partial charge on any atom is -0.395 e. The largest absolute Gasteiger partial charge is 0.395 e. The second-order valence-corrected chi connectivity index (χ2v) is 8.72. The Morgan fingerprint density at radius 1 is 1.07 bits per heavy atom. The summed E-state index contributed by atoms with van der Waals surface area (Å²) in [6.45, 7) is 3.35. The topological polar surface area (TPSA) is 113 Å². The van der Waals surface area contributed by atoms with Crippen LogP contribution in [-0.4, -0.2) is 66.8 Å². The average molecular weight is 415 g/mol. The summed E-state index contributed by atoms with van der Waals surface area (Å²) in [5.74, 6) is 0.543. The first-order valence-electron chi connectivity index (χ1n) is 11.1. The molecule has 0 bridgehead atoms. The van der Waals surface area contributed by atoms with Crippen LogP contribution in [0, 0.1) is 11.8 Å². The monoisotopic (exact) mass is 414 g/mol. The summed E-state index contributed by atoms with van der Waals surface area (Å²) in [6, 6.07) is 0.291. The highest BCUT2D eigenvalue weighted by molar-refractivity contribution is 4.93. The van der Waals surface area contributed by atoms with Gasteiger partial charge in [0.25, 0.3) is 0 Å². The van der Waals surface area contributed by atoms with Crippen LogP contribution in [0.4, 0.5) is 4.39 Å². The van der Waals surface area contributed by atoms with Gasteiger partial charge in [-0.2, -0.15) is 0 Å². The van der Waals surface area contributed by atoms with Gasteiger partial charge in [0.05, 0.1) is 25.1 Å². The summed E-state index contributed by atoms with van der Waals surface area (Å²) >= 11 is 0. The van der Waals surface area contributed by atoms with E-state index in [1.807, 2.05) is 12.4 Å². The van der Waals surface area contributed by atoms with Crippen molar-refractivity contribution in [3.8, 4) is 0 Å². The minimum atomic E-state index is -0.660. The third-order valence-electron chi connectivity index (χ3n) is 6.49. The van der Waals surface area contributed by atoms with Gasteiger partial charge < -0.3 is 20.8 Å². The van der Waals surface area contributed by atoms with Crippen molar-refractivity contribution in [2.75, 3.05) is 19.7 Å². The standard InChI is InChI=1S/C20H39FN6O2/c1-13(14-2-4-16(21)5-3-14)25-17-10-15(20(29)24-8-9-28)11-18(26-17)27-19-12-22-6-7-23-19/h6-7,13-20,22-29H,2-5,8-12H2,1H3/t13-,14?,15?,16?,17?,18?,19?,20?/m0/s1. The lowest BCUT2D eigenvalue weighted by atomic mass is 9.83. The Labute approximate surface area is 173 Å². The van der Waals surface area contributed by atoms with E-state index >= 15 is 0 Å². The maximum absolute atomic E-state index is 13.5. The van der Waals surface area contributed by atoms with Crippen LogP contribution in [0.3, 0.4) is 0 Å². The molecule has 6 atom stereocenters. The third-order valence-corrected chi connectivity index (χ3v) is 6.49. The molecule has 0 aromatic rings. The molecule has 9 heteroatoms. The van der Waals surface area contributed by atoms with Crippen molar-refractivity contribution in [2.24, 2.45) is 11.8 Å². The lowest BCUT2D eigenvalue weighted by molar-refractivity contribution is 0.0220. The number of hydrogen-bond donors (Lipinski definition) is 8. The first-order valence-corrected chi connectivity index (χ1v) is 11.1. The van der Waals surface area contributed by atoms with Gasteiger partial charge in [-0.15, -0.1) is 0 Å². The molecule has 2 fully saturated rings. The van der Waals surface area contributed by atoms with Crippen LogP contribution < -0.4 is 31.9 Å². The normalized spacial score (nSPS) is 37.4. The Morgan fingerprint density at radius 3 is 2.52 bits per heavy atom. The summed E-state index contributed by atoms with van der Waals surface area (Å²) in [5.41, 5.74) is 0. The summed E-state index contributed by atoms with van der Waals surface area (Å²) < 4.78 is 13.5. The zero-order valence-electron chi connectivity index (χ0n) is 17.4. The maximum atomic E-state index is 13.5. The zero-order chi connectivity index (χ0) is 20.6. The lowest BCUT2D eigenvalue weighted by Gasteiger charge is -2.42. The van der Waals surface area contributed by atoms with Crippen LogP contribution in [0.25, 0.3) is 0 Å². The summed E-state index contributed by atoms with van der Waals surface area (Å²) in [4.78, 5) is 0. The minimum absolute atomic E-state index is 0.00364. The van der Waals surface area contributed by atoms with Crippen LogP contribution in [0.1, 0.15) is 45.4 Å². The first kappa shape index (κ1) is 22.7. The molecule has 8 nitrogen and oxygen atoms in total. The van der Waals surface area contributed by atoms with E-state index in [1.165, 1.54) is 0 Å². The highest BCUT2D eigenvalue weighted by Crippen LogP contribution is 2.29. The predicted molar refractivity (Wildman–Crippen MR) is 111 cm³/mol. The summed E-state index contributed by atoms with van der Waals surface area (Å²) in [5, 5.41) is 40.1. The van der Waals surface area contributed by atoms with Gasteiger partial charge in [0.1, 0.15) is 12.4 Å². The van der Waals surface area contributed by atoms with Gasteiger partial charge in [0.15, 0.2) is 0 Å². The third kappa shape index (κ3) is 7.04. The Hall–Kier alpha value is -0.970. The van der Waals surface area contributed by atoms with E-state index in [2.05, 4.69) is 38.8 Å². The number of alkyl halides is 1. The molecule has 5 unspecified atom stereocenters. The van der Waals surface area contributed by atoms with Crippen molar-refractivity contribution in [3.05, 3.63) is 12.4 Å². The van der Waals surface area contributed by atoms with E-state index in [9.17, 15) is 9.50 Å². The van der Waals surface area contributed by atoms with Gasteiger partial charge >= 0.3 is 0 Å². The fourth-order valence-electron chi connectivity index (χ4n) is 4.80. The number of hydrogen-bond acceptors (Lipinski definition) is 8. The zero-order valence-corrected chi connectivity index (χ0v) is 17.4. The van der Waals surface area contributed by atoms with Crippen molar-refractivity contribution in [1.82, 2.24) is 31.9 Å². The van der Waals surface area contributed by atoms with Gasteiger partial charge in [-0.25, -0.2) is 4.39 Å². The molecule has 29 heavy (non-hydrogen) atoms. The SMILES string of the molecule is C[C@H](NC1CC(C(O)NCCO)CC(NC2CNC=CN2)N1)C1CCC(F)CC1. The first-order chi connectivity index (χ1) is 14.0. The Kier molecular flexibility index (Phi) is 8.95. The number of rotatable bonds is 9.